The molecule has 0 amide bonds. The van der Waals surface area contributed by atoms with Gasteiger partial charge >= 0.3 is 148 Å². The standard InChI is InChI=1S/C15H8O10.5Na/c16-11(17)5-3-1-2-4-6(5)8(13(20)21)10(15(24)25)9(14(22)23)7(4)12(18)19;;;;;/h1-3H,(H,16,17)(H,18,19)(H,20,21)(H,22,23)(H,24,25);;;;;/q;5*+1/p-5. The molecule has 0 unspecified atom stereocenters. The van der Waals surface area contributed by atoms with Crippen molar-refractivity contribution in [3.8, 4) is 0 Å². The van der Waals surface area contributed by atoms with Crippen molar-refractivity contribution >= 4 is 40.6 Å². The van der Waals surface area contributed by atoms with E-state index in [-0.39, 0.29) is 148 Å². The minimum absolute atomic E-state index is 0. The van der Waals surface area contributed by atoms with E-state index in [1.54, 1.807) is 0 Å². The largest absolute Gasteiger partial charge is 1.00 e. The van der Waals surface area contributed by atoms with Crippen molar-refractivity contribution in [1.82, 2.24) is 0 Å². The van der Waals surface area contributed by atoms with Crippen LogP contribution in [0.1, 0.15) is 51.8 Å². The molecule has 0 saturated carbocycles. The molecular formula is C15H3Na5O10. The quantitative estimate of drug-likeness (QED) is 0.387. The van der Waals surface area contributed by atoms with Gasteiger partial charge in [-0.3, -0.25) is 0 Å². The third-order valence-electron chi connectivity index (χ3n) is 3.37. The van der Waals surface area contributed by atoms with Crippen molar-refractivity contribution in [2.75, 3.05) is 0 Å². The minimum Gasteiger partial charge on any atom is -0.545 e. The molecule has 0 fully saturated rings. The molecule has 2 aromatic rings. The number of carbonyl (C=O) groups is 5. The maximum absolute atomic E-state index is 11.4. The van der Waals surface area contributed by atoms with Crippen LogP contribution >= 0.6 is 0 Å². The summed E-state index contributed by atoms with van der Waals surface area (Å²) in [5.41, 5.74) is -6.71. The third kappa shape index (κ3) is 7.54. The average Bonchev–Trinajstić information content (AvgIpc) is 2.50. The van der Waals surface area contributed by atoms with Crippen LogP contribution in [-0.2, 0) is 0 Å². The van der Waals surface area contributed by atoms with E-state index in [1.807, 2.05) is 0 Å². The fraction of sp³-hybridized carbons (Fsp3) is 0. The Morgan fingerprint density at radius 1 is 0.500 bits per heavy atom. The maximum atomic E-state index is 11.4. The Morgan fingerprint density at radius 2 is 0.867 bits per heavy atom. The number of benzene rings is 2. The molecule has 0 aliphatic heterocycles. The number of rotatable bonds is 5. The van der Waals surface area contributed by atoms with Crippen molar-refractivity contribution in [2.24, 2.45) is 0 Å². The molecule has 2 rings (SSSR count). The molecule has 0 spiro atoms. The number of carbonyl (C=O) groups excluding carboxylic acids is 5. The summed E-state index contributed by atoms with van der Waals surface area (Å²) in [6.45, 7) is 0. The van der Waals surface area contributed by atoms with Crippen molar-refractivity contribution in [3.63, 3.8) is 0 Å². The van der Waals surface area contributed by atoms with E-state index >= 15 is 0 Å². The van der Waals surface area contributed by atoms with Gasteiger partial charge in [-0.25, -0.2) is 0 Å². The summed E-state index contributed by atoms with van der Waals surface area (Å²) in [7, 11) is 0. The van der Waals surface area contributed by atoms with Crippen LogP contribution < -0.4 is 173 Å². The van der Waals surface area contributed by atoms with Crippen LogP contribution in [0.5, 0.6) is 0 Å². The zero-order chi connectivity index (χ0) is 19.0. The van der Waals surface area contributed by atoms with Crippen molar-refractivity contribution in [3.05, 3.63) is 46.0 Å². The normalized spacial score (nSPS) is 8.67. The summed E-state index contributed by atoms with van der Waals surface area (Å²) in [5, 5.41) is 54.8. The molecule has 0 N–H and O–H groups in total. The molecular weight excluding hydrogens is 455 g/mol. The Balaban J connectivity index is -0.000000676. The van der Waals surface area contributed by atoms with E-state index < -0.39 is 68.4 Å². The summed E-state index contributed by atoms with van der Waals surface area (Å²) in [4.78, 5) is 56.4. The summed E-state index contributed by atoms with van der Waals surface area (Å²) in [5.74, 6) is -11.2. The van der Waals surface area contributed by atoms with Gasteiger partial charge in [-0.2, -0.15) is 0 Å². The van der Waals surface area contributed by atoms with Gasteiger partial charge < -0.3 is 49.5 Å². The molecule has 0 aromatic heterocycles. The summed E-state index contributed by atoms with van der Waals surface area (Å²) in [6, 6.07) is 2.64. The first-order valence-electron chi connectivity index (χ1n) is 6.29. The Kier molecular flexibility index (Phi) is 20.2. The molecule has 0 radical (unpaired) electrons. The molecule has 30 heavy (non-hydrogen) atoms. The van der Waals surface area contributed by atoms with Gasteiger partial charge in [-0.1, -0.05) is 18.2 Å². The SMILES string of the molecule is O=C([O-])c1c(C(=O)[O-])c(C(=O)[O-])c2c(C(=O)[O-])cccc2c1C(=O)[O-].[Na+].[Na+].[Na+].[Na+].[Na+]. The Hall–Kier alpha value is 1.05. The average molecular weight is 458 g/mol. The minimum atomic E-state index is -2.39. The zero-order valence-electron chi connectivity index (χ0n) is 16.8. The Morgan fingerprint density at radius 3 is 1.20 bits per heavy atom. The molecule has 0 heterocycles. The van der Waals surface area contributed by atoms with Crippen LogP contribution in [0, 0.1) is 0 Å². The van der Waals surface area contributed by atoms with Crippen molar-refractivity contribution < 1.29 is 197 Å². The molecule has 2 aromatic carbocycles. The van der Waals surface area contributed by atoms with Crippen molar-refractivity contribution in [1.29, 1.82) is 0 Å². The first kappa shape index (κ1) is 38.3. The molecule has 0 atom stereocenters. The predicted molar refractivity (Wildman–Crippen MR) is 65.6 cm³/mol. The maximum Gasteiger partial charge on any atom is 1.00 e. The molecule has 0 aliphatic carbocycles. The van der Waals surface area contributed by atoms with E-state index in [0.29, 0.717) is 0 Å². The summed E-state index contributed by atoms with van der Waals surface area (Å²) < 4.78 is 0. The smallest absolute Gasteiger partial charge is 0.545 e. The van der Waals surface area contributed by atoms with E-state index in [0.717, 1.165) is 18.2 Å². The topological polar surface area (TPSA) is 201 Å². The fourth-order valence-corrected chi connectivity index (χ4v) is 2.53. The van der Waals surface area contributed by atoms with Crippen LogP contribution in [0.3, 0.4) is 0 Å². The first-order valence-corrected chi connectivity index (χ1v) is 6.29. The second-order valence-corrected chi connectivity index (χ2v) is 4.67. The van der Waals surface area contributed by atoms with Gasteiger partial charge in [0.05, 0.1) is 29.8 Å². The molecule has 15 heteroatoms. The molecule has 0 bridgehead atoms. The second kappa shape index (κ2) is 15.8. The first-order chi connectivity index (χ1) is 11.6. The molecule has 0 saturated heterocycles. The van der Waals surface area contributed by atoms with Gasteiger partial charge in [-0.05, 0) is 5.39 Å². The molecule has 10 nitrogen and oxygen atoms in total. The summed E-state index contributed by atoms with van der Waals surface area (Å²) in [6.07, 6.45) is 0. The van der Waals surface area contributed by atoms with Crippen LogP contribution in [0.15, 0.2) is 18.2 Å². The van der Waals surface area contributed by atoms with Gasteiger partial charge in [0.25, 0.3) is 0 Å². The number of fused-ring (bicyclic) bond motifs is 1. The number of carboxylic acid groups (broad SMARTS) is 5. The van der Waals surface area contributed by atoms with Crippen LogP contribution in [0.2, 0.25) is 0 Å². The van der Waals surface area contributed by atoms with Gasteiger partial charge in [0, 0.05) is 33.2 Å². The number of hydrogen-bond donors (Lipinski definition) is 0. The molecule has 128 valence electrons. The third-order valence-corrected chi connectivity index (χ3v) is 3.37. The number of carboxylic acids is 5. The van der Waals surface area contributed by atoms with Crippen molar-refractivity contribution in [2.45, 2.75) is 0 Å². The number of hydrogen-bond acceptors (Lipinski definition) is 10. The Labute approximate surface area is 279 Å². The predicted octanol–water partition coefficient (Wildman–Crippen LogP) is -20.3. The fourth-order valence-electron chi connectivity index (χ4n) is 2.53. The summed E-state index contributed by atoms with van der Waals surface area (Å²) >= 11 is 0. The van der Waals surface area contributed by atoms with Crippen LogP contribution in [0.25, 0.3) is 10.8 Å². The number of aromatic carboxylic acids is 5. The zero-order valence-corrected chi connectivity index (χ0v) is 26.8. The van der Waals surface area contributed by atoms with E-state index in [1.165, 1.54) is 0 Å². The van der Waals surface area contributed by atoms with Gasteiger partial charge in [0.15, 0.2) is 0 Å². The monoisotopic (exact) mass is 458 g/mol. The van der Waals surface area contributed by atoms with E-state index in [2.05, 4.69) is 0 Å². The van der Waals surface area contributed by atoms with Crippen LogP contribution in [0.4, 0.5) is 0 Å². The second-order valence-electron chi connectivity index (χ2n) is 4.67. The van der Waals surface area contributed by atoms with Crippen LogP contribution in [-0.4, -0.2) is 29.8 Å². The Bertz CT molecular complexity index is 1010. The van der Waals surface area contributed by atoms with Gasteiger partial charge in [-0.15, -0.1) is 0 Å². The van der Waals surface area contributed by atoms with E-state index in [9.17, 15) is 49.5 Å². The van der Waals surface area contributed by atoms with Gasteiger partial charge in [0.1, 0.15) is 0 Å². The molecule has 0 aliphatic rings. The van der Waals surface area contributed by atoms with Gasteiger partial charge in [0.2, 0.25) is 0 Å². The van der Waals surface area contributed by atoms with E-state index in [4.69, 9.17) is 0 Å².